The van der Waals surface area contributed by atoms with Crippen molar-refractivity contribution < 1.29 is 19.7 Å². The van der Waals surface area contributed by atoms with Gasteiger partial charge in [-0.15, -0.1) is 6.58 Å². The highest BCUT2D eigenvalue weighted by atomic mass is 16.5. The fourth-order valence-corrected chi connectivity index (χ4v) is 7.84. The molecule has 2 N–H and O–H groups in total. The number of phenolic OH excluding ortho intramolecular Hbond substituents is 1. The molecule has 6 nitrogen and oxygen atoms in total. The van der Waals surface area contributed by atoms with Gasteiger partial charge >= 0.3 is 0 Å². The molecular weight excluding hydrogens is 452 g/mol. The zero-order valence-electron chi connectivity index (χ0n) is 21.0. The Kier molecular flexibility index (Phi) is 5.65. The summed E-state index contributed by atoms with van der Waals surface area (Å²) in [5.41, 5.74) is 1.77. The standard InChI is InChI=1S/C30H36N2O4/c1-3-17-32-18-16-29-26-21-12-13-23(33)27(26)36-28(29)22(14-15-30(29,35)24(32)19-21)31(2)25(34)11-7-10-20-8-5-4-6-9-20/h3-6,8-9,12-13,22,24,28,33,35H,1,7,10-11,14-19H2,2H3/t22-,24+,28-,29-,30+/m0/s1. The van der Waals surface area contributed by atoms with Gasteiger partial charge in [-0.05, 0) is 62.3 Å². The average Bonchev–Trinajstić information content (AvgIpc) is 3.23. The molecule has 2 bridgehead atoms. The van der Waals surface area contributed by atoms with Gasteiger partial charge in [-0.1, -0.05) is 42.5 Å². The number of benzene rings is 2. The van der Waals surface area contributed by atoms with Crippen LogP contribution in [0.2, 0.25) is 0 Å². The first-order chi connectivity index (χ1) is 17.4. The SMILES string of the molecule is C=CCN1CC[C@]23c4c5ccc(O)c4O[C@H]2[C@@H](N(C)C(=O)CCCc2ccccc2)CC[C@@]3(O)[C@H]1C5. The number of likely N-dealkylation sites (tertiary alicyclic amines) is 1. The number of aryl methyl sites for hydroxylation is 1. The molecule has 190 valence electrons. The molecule has 2 aromatic rings. The van der Waals surface area contributed by atoms with Crippen LogP contribution < -0.4 is 4.74 Å². The van der Waals surface area contributed by atoms with Crippen LogP contribution in [0.25, 0.3) is 0 Å². The van der Waals surface area contributed by atoms with Gasteiger partial charge in [-0.25, -0.2) is 0 Å². The molecule has 1 spiro atoms. The zero-order valence-corrected chi connectivity index (χ0v) is 21.0. The monoisotopic (exact) mass is 488 g/mol. The number of likely N-dealkylation sites (N-methyl/N-ethyl adjacent to an activating group) is 1. The zero-order chi connectivity index (χ0) is 25.1. The maximum absolute atomic E-state index is 13.4. The van der Waals surface area contributed by atoms with Crippen molar-refractivity contribution >= 4 is 5.91 Å². The fourth-order valence-electron chi connectivity index (χ4n) is 7.84. The number of aliphatic hydroxyl groups is 1. The number of carbonyl (C=O) groups is 1. The van der Waals surface area contributed by atoms with Crippen molar-refractivity contribution in [2.24, 2.45) is 0 Å². The number of amides is 1. The molecule has 5 atom stereocenters. The Morgan fingerprint density at radius 1 is 1.25 bits per heavy atom. The van der Waals surface area contributed by atoms with Crippen LogP contribution >= 0.6 is 0 Å². The van der Waals surface area contributed by atoms with E-state index in [2.05, 4.69) is 23.6 Å². The summed E-state index contributed by atoms with van der Waals surface area (Å²) in [7, 11) is 1.89. The summed E-state index contributed by atoms with van der Waals surface area (Å²) in [6.07, 6.45) is 6.41. The Morgan fingerprint density at radius 3 is 2.83 bits per heavy atom. The molecule has 6 rings (SSSR count). The molecule has 0 unspecified atom stereocenters. The van der Waals surface area contributed by atoms with Crippen LogP contribution in [-0.2, 0) is 23.1 Å². The third-order valence-electron chi connectivity index (χ3n) is 9.50. The highest BCUT2D eigenvalue weighted by Gasteiger charge is 2.73. The van der Waals surface area contributed by atoms with E-state index in [4.69, 9.17) is 4.74 Å². The summed E-state index contributed by atoms with van der Waals surface area (Å²) in [6, 6.07) is 13.8. The van der Waals surface area contributed by atoms with Gasteiger partial charge in [0.2, 0.25) is 5.91 Å². The number of carbonyl (C=O) groups excluding carboxylic acids is 1. The van der Waals surface area contributed by atoms with Gasteiger partial charge in [-0.3, -0.25) is 9.69 Å². The Morgan fingerprint density at radius 2 is 2.06 bits per heavy atom. The molecule has 6 heteroatoms. The van der Waals surface area contributed by atoms with E-state index in [1.54, 1.807) is 6.07 Å². The molecule has 1 saturated carbocycles. The van der Waals surface area contributed by atoms with Crippen molar-refractivity contribution in [3.63, 3.8) is 0 Å². The molecule has 2 fully saturated rings. The molecule has 0 aromatic heterocycles. The third kappa shape index (κ3) is 3.20. The Labute approximate surface area is 213 Å². The number of aromatic hydroxyl groups is 1. The second kappa shape index (κ2) is 8.63. The van der Waals surface area contributed by atoms with Crippen LogP contribution in [0.15, 0.2) is 55.1 Å². The topological polar surface area (TPSA) is 73.2 Å². The average molecular weight is 489 g/mol. The summed E-state index contributed by atoms with van der Waals surface area (Å²) in [6.45, 7) is 5.50. The summed E-state index contributed by atoms with van der Waals surface area (Å²) in [5, 5.41) is 23.2. The van der Waals surface area contributed by atoms with Crippen molar-refractivity contribution in [2.75, 3.05) is 20.1 Å². The summed E-state index contributed by atoms with van der Waals surface area (Å²) in [5.74, 6) is 0.754. The van der Waals surface area contributed by atoms with Crippen LogP contribution in [0, 0.1) is 0 Å². The fraction of sp³-hybridized carbons (Fsp3) is 0.500. The highest BCUT2D eigenvalue weighted by molar-refractivity contribution is 5.76. The predicted molar refractivity (Wildman–Crippen MR) is 138 cm³/mol. The minimum Gasteiger partial charge on any atom is -0.504 e. The largest absolute Gasteiger partial charge is 0.504 e. The highest BCUT2D eigenvalue weighted by Crippen LogP contribution is 2.65. The van der Waals surface area contributed by atoms with Crippen LogP contribution in [0.4, 0.5) is 0 Å². The first kappa shape index (κ1) is 23.6. The van der Waals surface area contributed by atoms with Crippen LogP contribution in [0.1, 0.15) is 48.8 Å². The molecule has 2 heterocycles. The van der Waals surface area contributed by atoms with Crippen molar-refractivity contribution in [2.45, 2.75) is 74.1 Å². The molecule has 1 amide bonds. The minimum atomic E-state index is -0.974. The molecular formula is C30H36N2O4. The van der Waals surface area contributed by atoms with Gasteiger partial charge in [0.15, 0.2) is 11.5 Å². The van der Waals surface area contributed by atoms with E-state index in [0.29, 0.717) is 25.0 Å². The first-order valence-corrected chi connectivity index (χ1v) is 13.3. The van der Waals surface area contributed by atoms with Gasteiger partial charge in [0, 0.05) is 31.6 Å². The van der Waals surface area contributed by atoms with Gasteiger partial charge in [0.25, 0.3) is 0 Å². The molecule has 2 aliphatic carbocycles. The second-order valence-electron chi connectivity index (χ2n) is 11.1. The number of hydrogen-bond acceptors (Lipinski definition) is 5. The van der Waals surface area contributed by atoms with E-state index in [9.17, 15) is 15.0 Å². The summed E-state index contributed by atoms with van der Waals surface area (Å²) in [4.78, 5) is 17.6. The molecule has 36 heavy (non-hydrogen) atoms. The van der Waals surface area contributed by atoms with Gasteiger partial charge in [0.1, 0.15) is 6.10 Å². The maximum Gasteiger partial charge on any atom is 0.222 e. The van der Waals surface area contributed by atoms with Crippen molar-refractivity contribution in [3.8, 4) is 11.5 Å². The van der Waals surface area contributed by atoms with E-state index < -0.39 is 11.0 Å². The number of rotatable bonds is 7. The van der Waals surface area contributed by atoms with Gasteiger partial charge < -0.3 is 19.8 Å². The lowest BCUT2D eigenvalue weighted by atomic mass is 9.48. The minimum absolute atomic E-state index is 0.0360. The predicted octanol–water partition coefficient (Wildman–Crippen LogP) is 3.58. The number of hydrogen-bond donors (Lipinski definition) is 2. The molecule has 2 aromatic carbocycles. The van der Waals surface area contributed by atoms with E-state index in [-0.39, 0.29) is 29.8 Å². The van der Waals surface area contributed by atoms with Gasteiger partial charge in [-0.2, -0.15) is 0 Å². The number of ether oxygens (including phenoxy) is 1. The Bertz CT molecular complexity index is 1180. The maximum atomic E-state index is 13.4. The number of phenols is 1. The molecule has 2 aliphatic heterocycles. The first-order valence-electron chi connectivity index (χ1n) is 13.3. The van der Waals surface area contributed by atoms with E-state index in [1.807, 2.05) is 42.3 Å². The molecule has 0 radical (unpaired) electrons. The normalized spacial score (nSPS) is 31.9. The summed E-state index contributed by atoms with van der Waals surface area (Å²) < 4.78 is 6.58. The Hall–Kier alpha value is -2.83. The number of piperidine rings is 1. The van der Waals surface area contributed by atoms with Crippen molar-refractivity contribution in [1.29, 1.82) is 0 Å². The van der Waals surface area contributed by atoms with Gasteiger partial charge in [0.05, 0.1) is 17.1 Å². The molecule has 1 saturated heterocycles. The smallest absolute Gasteiger partial charge is 0.222 e. The number of nitrogens with zero attached hydrogens (tertiary/aromatic N) is 2. The lowest BCUT2D eigenvalue weighted by molar-refractivity contribution is -0.198. The van der Waals surface area contributed by atoms with Crippen LogP contribution in [-0.4, -0.2) is 69.8 Å². The van der Waals surface area contributed by atoms with Crippen molar-refractivity contribution in [1.82, 2.24) is 9.80 Å². The lowest BCUT2D eigenvalue weighted by Crippen LogP contribution is -2.78. The summed E-state index contributed by atoms with van der Waals surface area (Å²) >= 11 is 0. The van der Waals surface area contributed by atoms with Crippen molar-refractivity contribution in [3.05, 3.63) is 71.8 Å². The van der Waals surface area contributed by atoms with E-state index in [0.717, 1.165) is 49.9 Å². The van der Waals surface area contributed by atoms with E-state index >= 15 is 0 Å². The second-order valence-corrected chi connectivity index (χ2v) is 11.1. The lowest BCUT2D eigenvalue weighted by Gasteiger charge is -2.64. The van der Waals surface area contributed by atoms with Crippen LogP contribution in [0.3, 0.4) is 0 Å². The third-order valence-corrected chi connectivity index (χ3v) is 9.50. The van der Waals surface area contributed by atoms with E-state index in [1.165, 1.54) is 5.56 Å². The van der Waals surface area contributed by atoms with Crippen LogP contribution in [0.5, 0.6) is 11.5 Å². The quantitative estimate of drug-likeness (QED) is 0.583. The Balaban J connectivity index is 1.30. The molecule has 4 aliphatic rings.